The molecule has 1 aromatic rings. The number of piperidine rings is 1. The molecule has 0 radical (unpaired) electrons. The van der Waals surface area contributed by atoms with Crippen molar-refractivity contribution in [2.24, 2.45) is 10.9 Å². The SMILES string of the molecule is CN=C(NCC1CCN(S(C)(=O)=O)CC1)N1CCN(CCOc2ccccc2)CC1. The van der Waals surface area contributed by atoms with Gasteiger partial charge in [-0.05, 0) is 30.9 Å². The predicted molar refractivity (Wildman–Crippen MR) is 120 cm³/mol. The van der Waals surface area contributed by atoms with E-state index in [0.29, 0.717) is 25.6 Å². The first kappa shape index (κ1) is 22.8. The molecule has 0 bridgehead atoms. The van der Waals surface area contributed by atoms with Crippen molar-refractivity contribution in [1.82, 2.24) is 19.4 Å². The second-order valence-electron chi connectivity index (χ2n) is 8.02. The van der Waals surface area contributed by atoms with Gasteiger partial charge in [0.05, 0.1) is 6.26 Å². The monoisotopic (exact) mass is 437 g/mol. The van der Waals surface area contributed by atoms with Crippen molar-refractivity contribution in [2.75, 3.05) is 72.3 Å². The summed E-state index contributed by atoms with van der Waals surface area (Å²) in [5.74, 6) is 2.35. The van der Waals surface area contributed by atoms with Gasteiger partial charge in [0.25, 0.3) is 0 Å². The molecule has 8 nitrogen and oxygen atoms in total. The van der Waals surface area contributed by atoms with Gasteiger partial charge >= 0.3 is 0 Å². The fraction of sp³-hybridized carbons (Fsp3) is 0.667. The third kappa shape index (κ3) is 6.85. The van der Waals surface area contributed by atoms with Crippen molar-refractivity contribution >= 4 is 16.0 Å². The Hall–Kier alpha value is -1.84. The largest absolute Gasteiger partial charge is 0.492 e. The Morgan fingerprint density at radius 3 is 2.37 bits per heavy atom. The zero-order valence-corrected chi connectivity index (χ0v) is 19.0. The Morgan fingerprint density at radius 1 is 1.10 bits per heavy atom. The van der Waals surface area contributed by atoms with E-state index in [1.54, 1.807) is 4.31 Å². The van der Waals surface area contributed by atoms with E-state index in [1.165, 1.54) is 6.26 Å². The molecule has 30 heavy (non-hydrogen) atoms. The Morgan fingerprint density at radius 2 is 1.77 bits per heavy atom. The number of hydrogen-bond acceptors (Lipinski definition) is 5. The summed E-state index contributed by atoms with van der Waals surface area (Å²) < 4.78 is 30.7. The molecule has 2 aliphatic rings. The van der Waals surface area contributed by atoms with Gasteiger partial charge in [0.2, 0.25) is 10.0 Å². The van der Waals surface area contributed by atoms with Crippen molar-refractivity contribution < 1.29 is 13.2 Å². The molecule has 0 unspecified atom stereocenters. The zero-order valence-electron chi connectivity index (χ0n) is 18.2. The normalized spacial score (nSPS) is 20.3. The molecule has 168 valence electrons. The molecule has 0 aromatic heterocycles. The third-order valence-corrected chi connectivity index (χ3v) is 7.20. The predicted octanol–water partition coefficient (Wildman–Crippen LogP) is 0.930. The van der Waals surface area contributed by atoms with Crippen LogP contribution in [0.5, 0.6) is 5.75 Å². The highest BCUT2D eigenvalue weighted by atomic mass is 32.2. The number of hydrogen-bond donors (Lipinski definition) is 1. The lowest BCUT2D eigenvalue weighted by Gasteiger charge is -2.37. The van der Waals surface area contributed by atoms with Crippen LogP contribution in [0.25, 0.3) is 0 Å². The molecule has 2 fully saturated rings. The Kier molecular flexibility index (Phi) is 8.35. The van der Waals surface area contributed by atoms with Crippen LogP contribution >= 0.6 is 0 Å². The van der Waals surface area contributed by atoms with Gasteiger partial charge in [0, 0.05) is 59.4 Å². The van der Waals surface area contributed by atoms with Crippen LogP contribution in [-0.4, -0.2) is 101 Å². The fourth-order valence-electron chi connectivity index (χ4n) is 4.01. The van der Waals surface area contributed by atoms with Gasteiger partial charge in [-0.25, -0.2) is 12.7 Å². The van der Waals surface area contributed by atoms with E-state index in [2.05, 4.69) is 20.1 Å². The first-order valence-electron chi connectivity index (χ1n) is 10.8. The van der Waals surface area contributed by atoms with Crippen LogP contribution in [0.15, 0.2) is 35.3 Å². The third-order valence-electron chi connectivity index (χ3n) is 5.89. The number of rotatable bonds is 7. The first-order valence-corrected chi connectivity index (χ1v) is 12.6. The molecule has 9 heteroatoms. The zero-order chi connectivity index (χ0) is 21.4. The molecule has 1 N–H and O–H groups in total. The molecular weight excluding hydrogens is 402 g/mol. The molecule has 0 atom stereocenters. The van der Waals surface area contributed by atoms with Crippen molar-refractivity contribution in [2.45, 2.75) is 12.8 Å². The Bertz CT molecular complexity index is 771. The summed E-state index contributed by atoms with van der Waals surface area (Å²) in [6, 6.07) is 9.94. The fourth-order valence-corrected chi connectivity index (χ4v) is 4.88. The lowest BCUT2D eigenvalue weighted by molar-refractivity contribution is 0.151. The minimum Gasteiger partial charge on any atom is -0.492 e. The van der Waals surface area contributed by atoms with E-state index in [9.17, 15) is 8.42 Å². The maximum Gasteiger partial charge on any atom is 0.211 e. The molecule has 0 spiro atoms. The average molecular weight is 438 g/mol. The first-order chi connectivity index (χ1) is 14.5. The van der Waals surface area contributed by atoms with Crippen LogP contribution in [0.1, 0.15) is 12.8 Å². The molecule has 0 saturated carbocycles. The van der Waals surface area contributed by atoms with E-state index >= 15 is 0 Å². The minimum atomic E-state index is -3.06. The van der Waals surface area contributed by atoms with Gasteiger partial charge < -0.3 is 15.0 Å². The summed E-state index contributed by atoms with van der Waals surface area (Å²) in [7, 11) is -1.23. The molecule has 0 aliphatic carbocycles. The lowest BCUT2D eigenvalue weighted by Crippen LogP contribution is -2.53. The Balaban J connectivity index is 1.34. The summed E-state index contributed by atoms with van der Waals surface area (Å²) in [4.78, 5) is 9.19. The second-order valence-corrected chi connectivity index (χ2v) is 10.0. The van der Waals surface area contributed by atoms with E-state index in [4.69, 9.17) is 4.74 Å². The van der Waals surface area contributed by atoms with Crippen molar-refractivity contribution in [3.8, 4) is 5.75 Å². The van der Waals surface area contributed by atoms with E-state index < -0.39 is 10.0 Å². The van der Waals surface area contributed by atoms with Gasteiger partial charge in [-0.2, -0.15) is 0 Å². The van der Waals surface area contributed by atoms with Gasteiger partial charge in [0.1, 0.15) is 12.4 Å². The maximum atomic E-state index is 11.6. The molecule has 1 aromatic carbocycles. The lowest BCUT2D eigenvalue weighted by atomic mass is 9.98. The number of nitrogens with one attached hydrogen (secondary N) is 1. The van der Waals surface area contributed by atoms with Crippen LogP contribution in [0.3, 0.4) is 0 Å². The summed E-state index contributed by atoms with van der Waals surface area (Å²) in [5, 5.41) is 3.51. The molecule has 3 rings (SSSR count). The summed E-state index contributed by atoms with van der Waals surface area (Å²) in [5.41, 5.74) is 0. The van der Waals surface area contributed by atoms with Gasteiger partial charge in [0.15, 0.2) is 5.96 Å². The number of para-hydroxylation sites is 1. The van der Waals surface area contributed by atoms with Gasteiger partial charge in [-0.3, -0.25) is 9.89 Å². The van der Waals surface area contributed by atoms with Crippen LogP contribution in [-0.2, 0) is 10.0 Å². The van der Waals surface area contributed by atoms with Crippen LogP contribution in [0.2, 0.25) is 0 Å². The minimum absolute atomic E-state index is 0.483. The quantitative estimate of drug-likeness (QED) is 0.505. The number of benzene rings is 1. The van der Waals surface area contributed by atoms with Gasteiger partial charge in [-0.1, -0.05) is 18.2 Å². The van der Waals surface area contributed by atoms with Crippen LogP contribution in [0, 0.1) is 5.92 Å². The number of piperazine rings is 1. The number of guanidine groups is 1. The number of ether oxygens (including phenoxy) is 1. The van der Waals surface area contributed by atoms with E-state index in [-0.39, 0.29) is 0 Å². The number of aliphatic imine (C=N–C) groups is 1. The highest BCUT2D eigenvalue weighted by Crippen LogP contribution is 2.18. The maximum absolute atomic E-state index is 11.6. The standard InChI is InChI=1S/C21H35N5O3S/c1-22-21(23-18-19-8-10-26(11-9-19)30(2,27)28)25-14-12-24(13-15-25)16-17-29-20-6-4-3-5-7-20/h3-7,19H,8-18H2,1-2H3,(H,22,23). The number of nitrogens with zero attached hydrogens (tertiary/aromatic N) is 4. The number of sulfonamides is 1. The Labute approximate surface area is 180 Å². The smallest absolute Gasteiger partial charge is 0.211 e. The van der Waals surface area contributed by atoms with Crippen molar-refractivity contribution in [1.29, 1.82) is 0 Å². The highest BCUT2D eigenvalue weighted by molar-refractivity contribution is 7.88. The topological polar surface area (TPSA) is 77.5 Å². The molecule has 0 amide bonds. The van der Waals surface area contributed by atoms with Crippen molar-refractivity contribution in [3.63, 3.8) is 0 Å². The van der Waals surface area contributed by atoms with Crippen molar-refractivity contribution in [3.05, 3.63) is 30.3 Å². The summed E-state index contributed by atoms with van der Waals surface area (Å²) in [6.45, 7) is 7.57. The second kappa shape index (κ2) is 11.0. The molecule has 2 heterocycles. The van der Waals surface area contributed by atoms with Crippen LogP contribution < -0.4 is 10.1 Å². The van der Waals surface area contributed by atoms with E-state index in [1.807, 2.05) is 37.4 Å². The average Bonchev–Trinajstić information content (AvgIpc) is 2.76. The summed E-state index contributed by atoms with van der Waals surface area (Å²) >= 11 is 0. The molecular formula is C21H35N5O3S. The molecule has 2 saturated heterocycles. The van der Waals surface area contributed by atoms with E-state index in [0.717, 1.165) is 63.8 Å². The van der Waals surface area contributed by atoms with Crippen LogP contribution in [0.4, 0.5) is 0 Å². The van der Waals surface area contributed by atoms with Gasteiger partial charge in [-0.15, -0.1) is 0 Å². The summed E-state index contributed by atoms with van der Waals surface area (Å²) in [6.07, 6.45) is 3.08. The molecule has 2 aliphatic heterocycles. The highest BCUT2D eigenvalue weighted by Gasteiger charge is 2.26.